The fraction of sp³-hybridized carbons (Fsp3) is 0.714. The summed E-state index contributed by atoms with van der Waals surface area (Å²) < 4.78 is 0. The van der Waals surface area contributed by atoms with Gasteiger partial charge in [0.15, 0.2) is 0 Å². The number of hydrogen-bond donors (Lipinski definition) is 3. The van der Waals surface area contributed by atoms with E-state index in [9.17, 15) is 0 Å². The number of nitrogens with zero attached hydrogens (tertiary/aromatic N) is 3. The van der Waals surface area contributed by atoms with Crippen LogP contribution in [-0.4, -0.2) is 40.5 Å². The summed E-state index contributed by atoms with van der Waals surface area (Å²) in [6, 6.07) is 2.46. The van der Waals surface area contributed by atoms with E-state index in [1.165, 1.54) is 19.4 Å². The number of likely N-dealkylation sites (tertiary alicyclic amines) is 1. The smallest absolute Gasteiger partial charge is 0.145 e. The van der Waals surface area contributed by atoms with Crippen LogP contribution in [0.1, 0.15) is 45.4 Å². The molecule has 20 heavy (non-hydrogen) atoms. The van der Waals surface area contributed by atoms with E-state index in [0.717, 1.165) is 24.7 Å². The Balaban J connectivity index is 2.03. The van der Waals surface area contributed by atoms with Gasteiger partial charge in [-0.15, -0.1) is 0 Å². The van der Waals surface area contributed by atoms with Crippen molar-refractivity contribution >= 4 is 11.6 Å². The van der Waals surface area contributed by atoms with Crippen molar-refractivity contribution in [3.63, 3.8) is 0 Å². The summed E-state index contributed by atoms with van der Waals surface area (Å²) in [6.07, 6.45) is 2.54. The van der Waals surface area contributed by atoms with E-state index in [-0.39, 0.29) is 5.92 Å². The summed E-state index contributed by atoms with van der Waals surface area (Å²) in [5.41, 5.74) is 2.61. The van der Waals surface area contributed by atoms with Crippen LogP contribution >= 0.6 is 0 Å². The lowest BCUT2D eigenvalue weighted by atomic mass is 10.2. The van der Waals surface area contributed by atoms with Gasteiger partial charge in [-0.3, -0.25) is 4.90 Å². The number of hydrogen-bond acceptors (Lipinski definition) is 6. The van der Waals surface area contributed by atoms with Crippen LogP contribution in [0.3, 0.4) is 0 Å². The minimum atomic E-state index is 0.280. The van der Waals surface area contributed by atoms with E-state index in [4.69, 9.17) is 5.84 Å². The summed E-state index contributed by atoms with van der Waals surface area (Å²) in [5, 5.41) is 3.43. The molecule has 112 valence electrons. The maximum Gasteiger partial charge on any atom is 0.145 e. The highest BCUT2D eigenvalue weighted by Gasteiger charge is 2.22. The largest absolute Gasteiger partial charge is 0.368 e. The van der Waals surface area contributed by atoms with Crippen LogP contribution in [0.4, 0.5) is 11.6 Å². The second-order valence-electron chi connectivity index (χ2n) is 5.60. The van der Waals surface area contributed by atoms with Crippen molar-refractivity contribution in [1.29, 1.82) is 0 Å². The van der Waals surface area contributed by atoms with Crippen molar-refractivity contribution in [3.8, 4) is 0 Å². The molecule has 6 nitrogen and oxygen atoms in total. The quantitative estimate of drug-likeness (QED) is 0.544. The van der Waals surface area contributed by atoms with Gasteiger partial charge in [-0.1, -0.05) is 20.8 Å². The lowest BCUT2D eigenvalue weighted by Crippen LogP contribution is -2.34. The molecule has 1 aliphatic rings. The first kappa shape index (κ1) is 15.0. The monoisotopic (exact) mass is 278 g/mol. The molecule has 1 unspecified atom stereocenters. The first-order valence-electron chi connectivity index (χ1n) is 7.47. The van der Waals surface area contributed by atoms with Gasteiger partial charge in [0.1, 0.15) is 17.5 Å². The minimum absolute atomic E-state index is 0.280. The molecule has 0 radical (unpaired) electrons. The fourth-order valence-corrected chi connectivity index (χ4v) is 2.65. The Kier molecular flexibility index (Phi) is 5.14. The molecule has 0 aromatic carbocycles. The number of nitrogens with two attached hydrogens (primary N) is 1. The zero-order valence-corrected chi connectivity index (χ0v) is 12.7. The van der Waals surface area contributed by atoms with Crippen molar-refractivity contribution < 1.29 is 0 Å². The third kappa shape index (κ3) is 3.58. The van der Waals surface area contributed by atoms with Crippen LogP contribution in [0.5, 0.6) is 0 Å². The average Bonchev–Trinajstić information content (AvgIpc) is 2.92. The standard InChI is InChI=1S/C14H26N6/c1-4-20-7-5-6-11(20)9-16-12-8-13(19-15)18-14(17-12)10(2)3/h8,10-11H,4-7,9,15H2,1-3H3,(H2,16,17,18,19). The Bertz CT molecular complexity index is 434. The van der Waals surface area contributed by atoms with Crippen molar-refractivity contribution in [2.45, 2.75) is 45.6 Å². The molecule has 2 rings (SSSR count). The molecule has 1 saturated heterocycles. The molecule has 6 heteroatoms. The first-order valence-corrected chi connectivity index (χ1v) is 7.47. The molecule has 0 amide bonds. The highest BCUT2D eigenvalue weighted by molar-refractivity contribution is 5.47. The molecule has 0 bridgehead atoms. The Hall–Kier alpha value is -1.40. The van der Waals surface area contributed by atoms with Gasteiger partial charge >= 0.3 is 0 Å². The second-order valence-corrected chi connectivity index (χ2v) is 5.60. The molecule has 4 N–H and O–H groups in total. The van der Waals surface area contributed by atoms with Gasteiger partial charge in [-0.25, -0.2) is 15.8 Å². The molecule has 1 aliphatic heterocycles. The second kappa shape index (κ2) is 6.85. The van der Waals surface area contributed by atoms with Crippen molar-refractivity contribution in [1.82, 2.24) is 14.9 Å². The Morgan fingerprint density at radius 2 is 2.15 bits per heavy atom. The maximum absolute atomic E-state index is 5.47. The molecule has 1 aromatic heterocycles. The summed E-state index contributed by atoms with van der Waals surface area (Å²) in [6.45, 7) is 9.62. The third-order valence-electron chi connectivity index (χ3n) is 3.83. The Labute approximate surface area is 121 Å². The zero-order valence-electron chi connectivity index (χ0n) is 12.7. The number of hydrazine groups is 1. The predicted molar refractivity (Wildman–Crippen MR) is 82.7 cm³/mol. The highest BCUT2D eigenvalue weighted by atomic mass is 15.3. The van der Waals surface area contributed by atoms with E-state index >= 15 is 0 Å². The Morgan fingerprint density at radius 1 is 1.40 bits per heavy atom. The van der Waals surface area contributed by atoms with Crippen LogP contribution in [0, 0.1) is 0 Å². The highest BCUT2D eigenvalue weighted by Crippen LogP contribution is 2.19. The number of likely N-dealkylation sites (N-methyl/N-ethyl adjacent to an activating group) is 1. The number of anilines is 2. The molecule has 2 heterocycles. The van der Waals surface area contributed by atoms with E-state index in [1.807, 2.05) is 6.07 Å². The van der Waals surface area contributed by atoms with Crippen LogP contribution in [0.2, 0.25) is 0 Å². The van der Waals surface area contributed by atoms with Crippen LogP contribution in [-0.2, 0) is 0 Å². The molecular formula is C14H26N6. The average molecular weight is 278 g/mol. The number of nitrogens with one attached hydrogen (secondary N) is 2. The van der Waals surface area contributed by atoms with Gasteiger partial charge in [0.2, 0.25) is 0 Å². The van der Waals surface area contributed by atoms with Crippen molar-refractivity contribution in [2.75, 3.05) is 30.4 Å². The van der Waals surface area contributed by atoms with Gasteiger partial charge in [-0.05, 0) is 25.9 Å². The molecular weight excluding hydrogens is 252 g/mol. The summed E-state index contributed by atoms with van der Waals surface area (Å²) >= 11 is 0. The molecule has 1 fully saturated rings. The topological polar surface area (TPSA) is 79.1 Å². The lowest BCUT2D eigenvalue weighted by molar-refractivity contribution is 0.277. The van der Waals surface area contributed by atoms with Gasteiger partial charge in [0.25, 0.3) is 0 Å². The van der Waals surface area contributed by atoms with E-state index in [2.05, 4.69) is 46.4 Å². The maximum atomic E-state index is 5.47. The predicted octanol–water partition coefficient (Wildman–Crippen LogP) is 1.78. The third-order valence-corrected chi connectivity index (χ3v) is 3.83. The minimum Gasteiger partial charge on any atom is -0.368 e. The lowest BCUT2D eigenvalue weighted by Gasteiger charge is -2.23. The van der Waals surface area contributed by atoms with Crippen molar-refractivity contribution in [2.24, 2.45) is 5.84 Å². The number of rotatable bonds is 6. The van der Waals surface area contributed by atoms with Crippen LogP contribution in [0.25, 0.3) is 0 Å². The van der Waals surface area contributed by atoms with E-state index in [0.29, 0.717) is 11.9 Å². The fourth-order valence-electron chi connectivity index (χ4n) is 2.65. The number of nitrogen functional groups attached to an aromatic ring is 1. The summed E-state index contributed by atoms with van der Waals surface area (Å²) in [4.78, 5) is 11.4. The summed E-state index contributed by atoms with van der Waals surface area (Å²) in [7, 11) is 0. The molecule has 1 atom stereocenters. The van der Waals surface area contributed by atoms with Gasteiger partial charge in [-0.2, -0.15) is 0 Å². The van der Waals surface area contributed by atoms with Gasteiger partial charge < -0.3 is 10.7 Å². The molecule has 1 aromatic rings. The number of aromatic nitrogens is 2. The molecule has 0 aliphatic carbocycles. The molecule has 0 spiro atoms. The van der Waals surface area contributed by atoms with Crippen LogP contribution in [0.15, 0.2) is 6.07 Å². The zero-order chi connectivity index (χ0) is 14.5. The first-order chi connectivity index (χ1) is 9.63. The normalized spacial score (nSPS) is 19.6. The summed E-state index contributed by atoms with van der Waals surface area (Å²) in [5.74, 6) is 8.06. The SMILES string of the molecule is CCN1CCCC1CNc1cc(NN)nc(C(C)C)n1. The molecule has 0 saturated carbocycles. The van der Waals surface area contributed by atoms with Crippen molar-refractivity contribution in [3.05, 3.63) is 11.9 Å². The van der Waals surface area contributed by atoms with E-state index < -0.39 is 0 Å². The van der Waals surface area contributed by atoms with Gasteiger partial charge in [0.05, 0.1) is 0 Å². The van der Waals surface area contributed by atoms with Crippen LogP contribution < -0.4 is 16.6 Å². The van der Waals surface area contributed by atoms with Gasteiger partial charge in [0, 0.05) is 24.6 Å². The Morgan fingerprint density at radius 3 is 2.80 bits per heavy atom. The van der Waals surface area contributed by atoms with E-state index in [1.54, 1.807) is 0 Å².